The normalized spacial score (nSPS) is 16.6. The fourth-order valence-corrected chi connectivity index (χ4v) is 2.76. The van der Waals surface area contributed by atoms with Crippen molar-refractivity contribution in [2.75, 3.05) is 6.54 Å². The van der Waals surface area contributed by atoms with Crippen LogP contribution in [0.4, 0.5) is 17.6 Å². The van der Waals surface area contributed by atoms with Gasteiger partial charge in [0.05, 0.1) is 5.71 Å². The first-order chi connectivity index (χ1) is 13.2. The largest absolute Gasteiger partial charge is 0.435 e. The van der Waals surface area contributed by atoms with E-state index in [1.54, 1.807) is 19.1 Å². The highest BCUT2D eigenvalue weighted by molar-refractivity contribution is 6.04. The summed E-state index contributed by atoms with van der Waals surface area (Å²) >= 11 is 0. The highest BCUT2D eigenvalue weighted by atomic mass is 19.4. The predicted octanol–water partition coefficient (Wildman–Crippen LogP) is 3.05. The predicted molar refractivity (Wildman–Crippen MR) is 92.0 cm³/mol. The Morgan fingerprint density at radius 2 is 2.04 bits per heavy atom. The van der Waals surface area contributed by atoms with Crippen LogP contribution in [0.5, 0.6) is 0 Å². The third kappa shape index (κ3) is 4.68. The molecule has 0 saturated carbocycles. The monoisotopic (exact) mass is 398 g/mol. The molecule has 3 rings (SSSR count). The SMILES string of the molecule is Cc1cc(C(F)(F)F)nn1CCCNC(=O)C1CC(c2ccc(F)cc2)=NO1. The van der Waals surface area contributed by atoms with Gasteiger partial charge in [0, 0.05) is 25.2 Å². The lowest BCUT2D eigenvalue weighted by Crippen LogP contribution is -2.35. The highest BCUT2D eigenvalue weighted by Crippen LogP contribution is 2.28. The van der Waals surface area contributed by atoms with E-state index >= 15 is 0 Å². The van der Waals surface area contributed by atoms with E-state index in [2.05, 4.69) is 15.6 Å². The van der Waals surface area contributed by atoms with Gasteiger partial charge in [0.15, 0.2) is 5.69 Å². The molecule has 1 N–H and O–H groups in total. The fourth-order valence-electron chi connectivity index (χ4n) is 2.76. The molecule has 10 heteroatoms. The van der Waals surface area contributed by atoms with E-state index < -0.39 is 18.0 Å². The molecule has 1 atom stereocenters. The van der Waals surface area contributed by atoms with Crippen LogP contribution in [0, 0.1) is 12.7 Å². The third-order valence-corrected chi connectivity index (χ3v) is 4.26. The Hall–Kier alpha value is -2.91. The van der Waals surface area contributed by atoms with Crippen LogP contribution in [0.15, 0.2) is 35.5 Å². The minimum atomic E-state index is -4.48. The number of halogens is 4. The van der Waals surface area contributed by atoms with Crippen molar-refractivity contribution in [3.05, 3.63) is 53.1 Å². The average Bonchev–Trinajstić information content (AvgIpc) is 3.26. The van der Waals surface area contributed by atoms with Crippen molar-refractivity contribution in [3.63, 3.8) is 0 Å². The van der Waals surface area contributed by atoms with Gasteiger partial charge in [-0.2, -0.15) is 18.3 Å². The van der Waals surface area contributed by atoms with E-state index in [4.69, 9.17) is 4.84 Å². The van der Waals surface area contributed by atoms with Crippen molar-refractivity contribution in [1.82, 2.24) is 15.1 Å². The van der Waals surface area contributed by atoms with Crippen LogP contribution < -0.4 is 5.32 Å². The van der Waals surface area contributed by atoms with Crippen molar-refractivity contribution >= 4 is 11.6 Å². The maximum Gasteiger partial charge on any atom is 0.435 e. The first-order valence-corrected chi connectivity index (χ1v) is 8.62. The molecule has 1 aliphatic heterocycles. The molecule has 0 spiro atoms. The second-order valence-corrected chi connectivity index (χ2v) is 6.38. The van der Waals surface area contributed by atoms with Gasteiger partial charge in [-0.1, -0.05) is 17.3 Å². The molecule has 1 amide bonds. The number of carbonyl (C=O) groups excluding carboxylic acids is 1. The smallest absolute Gasteiger partial charge is 0.382 e. The van der Waals surface area contributed by atoms with E-state index in [9.17, 15) is 22.4 Å². The maximum absolute atomic E-state index is 13.0. The molecule has 1 unspecified atom stereocenters. The average molecular weight is 398 g/mol. The summed E-state index contributed by atoms with van der Waals surface area (Å²) in [4.78, 5) is 17.3. The lowest BCUT2D eigenvalue weighted by molar-refractivity contribution is -0.141. The highest BCUT2D eigenvalue weighted by Gasteiger charge is 2.34. The standard InChI is InChI=1S/C18H18F4N4O2/c1-11-9-16(18(20,21)22)24-26(11)8-2-7-23-17(27)15-10-14(25-28-15)12-3-5-13(19)6-4-12/h3-6,9,15H,2,7-8,10H2,1H3,(H,23,27). The van der Waals surface area contributed by atoms with Crippen LogP contribution in [0.3, 0.4) is 0 Å². The van der Waals surface area contributed by atoms with Gasteiger partial charge in [-0.25, -0.2) is 4.39 Å². The number of oxime groups is 1. The van der Waals surface area contributed by atoms with Gasteiger partial charge in [0.25, 0.3) is 5.91 Å². The van der Waals surface area contributed by atoms with Crippen LogP contribution in [0.1, 0.15) is 29.8 Å². The summed E-state index contributed by atoms with van der Waals surface area (Å²) in [6.07, 6.45) is -4.61. The molecule has 1 aliphatic rings. The maximum atomic E-state index is 13.0. The van der Waals surface area contributed by atoms with E-state index in [0.717, 1.165) is 6.07 Å². The fraction of sp³-hybridized carbons (Fsp3) is 0.389. The Labute approximate surface area is 158 Å². The van der Waals surface area contributed by atoms with Gasteiger partial charge in [0.1, 0.15) is 5.82 Å². The van der Waals surface area contributed by atoms with Gasteiger partial charge in [-0.15, -0.1) is 0 Å². The first-order valence-electron chi connectivity index (χ1n) is 8.62. The van der Waals surface area contributed by atoms with Crippen molar-refractivity contribution in [2.45, 2.75) is 38.6 Å². The Morgan fingerprint density at radius 3 is 2.68 bits per heavy atom. The second-order valence-electron chi connectivity index (χ2n) is 6.38. The molecule has 2 aromatic rings. The number of alkyl halides is 3. The van der Waals surface area contributed by atoms with Gasteiger partial charge in [0.2, 0.25) is 6.10 Å². The molecule has 0 saturated heterocycles. The van der Waals surface area contributed by atoms with E-state index in [1.807, 2.05) is 0 Å². The van der Waals surface area contributed by atoms with Crippen LogP contribution in [-0.4, -0.2) is 34.0 Å². The molecule has 0 bridgehead atoms. The van der Waals surface area contributed by atoms with Crippen LogP contribution in [0.2, 0.25) is 0 Å². The number of aromatic nitrogens is 2. The van der Waals surface area contributed by atoms with Crippen LogP contribution in [0.25, 0.3) is 0 Å². The number of rotatable bonds is 6. The lowest BCUT2D eigenvalue weighted by Gasteiger charge is -2.10. The summed E-state index contributed by atoms with van der Waals surface area (Å²) in [5.74, 6) is -0.735. The molecular weight excluding hydrogens is 380 g/mol. The number of hydrogen-bond donors (Lipinski definition) is 1. The quantitative estimate of drug-likeness (QED) is 0.601. The summed E-state index contributed by atoms with van der Waals surface area (Å²) in [6, 6.07) is 6.69. The molecule has 1 aromatic heterocycles. The minimum Gasteiger partial charge on any atom is -0.382 e. The molecular formula is C18H18F4N4O2. The summed E-state index contributed by atoms with van der Waals surface area (Å²) in [7, 11) is 0. The van der Waals surface area contributed by atoms with E-state index in [1.165, 1.54) is 16.8 Å². The molecule has 0 radical (unpaired) electrons. The zero-order chi connectivity index (χ0) is 20.3. The molecule has 0 aliphatic carbocycles. The summed E-state index contributed by atoms with van der Waals surface area (Å²) in [5.41, 5.74) is 0.687. The molecule has 6 nitrogen and oxygen atoms in total. The molecule has 1 aromatic carbocycles. The van der Waals surface area contributed by atoms with Crippen LogP contribution in [-0.2, 0) is 22.4 Å². The van der Waals surface area contributed by atoms with Crippen molar-refractivity contribution in [2.24, 2.45) is 5.16 Å². The number of carbonyl (C=O) groups is 1. The Kier molecular flexibility index (Phi) is 5.66. The lowest BCUT2D eigenvalue weighted by atomic mass is 10.0. The number of amides is 1. The number of benzene rings is 1. The van der Waals surface area contributed by atoms with Crippen molar-refractivity contribution < 1.29 is 27.2 Å². The van der Waals surface area contributed by atoms with Crippen LogP contribution >= 0.6 is 0 Å². The zero-order valence-electron chi connectivity index (χ0n) is 15.0. The first kappa shape index (κ1) is 19.8. The Morgan fingerprint density at radius 1 is 1.32 bits per heavy atom. The van der Waals surface area contributed by atoms with Crippen molar-refractivity contribution in [3.8, 4) is 0 Å². The minimum absolute atomic E-state index is 0.241. The molecule has 28 heavy (non-hydrogen) atoms. The van der Waals surface area contributed by atoms with Gasteiger partial charge < -0.3 is 10.2 Å². The zero-order valence-corrected chi connectivity index (χ0v) is 15.0. The third-order valence-electron chi connectivity index (χ3n) is 4.26. The summed E-state index contributed by atoms with van der Waals surface area (Å²) in [5, 5.41) is 10.1. The van der Waals surface area contributed by atoms with E-state index in [0.29, 0.717) is 23.4 Å². The molecule has 150 valence electrons. The topological polar surface area (TPSA) is 68.5 Å². The molecule has 2 heterocycles. The van der Waals surface area contributed by atoms with E-state index in [-0.39, 0.29) is 31.2 Å². The number of nitrogens with zero attached hydrogens (tertiary/aromatic N) is 3. The number of nitrogens with one attached hydrogen (secondary N) is 1. The second kappa shape index (κ2) is 7.99. The Balaban J connectivity index is 1.43. The van der Waals surface area contributed by atoms with Gasteiger partial charge >= 0.3 is 6.18 Å². The number of aryl methyl sites for hydroxylation is 2. The Bertz CT molecular complexity index is 875. The number of hydrogen-bond acceptors (Lipinski definition) is 4. The molecule has 0 fully saturated rings. The van der Waals surface area contributed by atoms with Crippen molar-refractivity contribution in [1.29, 1.82) is 0 Å². The van der Waals surface area contributed by atoms with Gasteiger partial charge in [-0.3, -0.25) is 9.48 Å². The summed E-state index contributed by atoms with van der Waals surface area (Å²) < 4.78 is 52.2. The summed E-state index contributed by atoms with van der Waals surface area (Å²) in [6.45, 7) is 2.04. The van der Waals surface area contributed by atoms with Gasteiger partial charge in [-0.05, 0) is 37.1 Å².